The van der Waals surface area contributed by atoms with Crippen LogP contribution in [0, 0.1) is 11.8 Å². The normalized spacial score (nSPS) is 25.6. The lowest BCUT2D eigenvalue weighted by Gasteiger charge is -2.44. The Morgan fingerprint density at radius 1 is 0.896 bits per heavy atom. The number of aromatic hydroxyl groups is 1. The number of phenols is 1. The van der Waals surface area contributed by atoms with Crippen LogP contribution in [-0.4, -0.2) is 147 Å². The molecule has 21 nitrogen and oxygen atoms in total. The minimum Gasteiger partial charge on any atom is -0.508 e. The monoisotopic (exact) mass is 945 g/mol. The molecule has 2 aliphatic rings. The van der Waals surface area contributed by atoms with Crippen molar-refractivity contribution in [3.05, 3.63) is 29.8 Å². The number of nitrogens with two attached hydrogens (primary N) is 1. The van der Waals surface area contributed by atoms with Crippen molar-refractivity contribution in [3.63, 3.8) is 0 Å². The van der Waals surface area contributed by atoms with Gasteiger partial charge in [-0.25, -0.2) is 4.79 Å². The van der Waals surface area contributed by atoms with Crippen LogP contribution >= 0.6 is 0 Å². The van der Waals surface area contributed by atoms with Crippen molar-refractivity contribution in [1.82, 2.24) is 36.4 Å². The van der Waals surface area contributed by atoms with E-state index in [0.717, 1.165) is 16.2 Å². The van der Waals surface area contributed by atoms with Gasteiger partial charge in [0.25, 0.3) is 0 Å². The van der Waals surface area contributed by atoms with Crippen LogP contribution in [0.25, 0.3) is 0 Å². The van der Waals surface area contributed by atoms with Gasteiger partial charge < -0.3 is 62.2 Å². The van der Waals surface area contributed by atoms with E-state index in [1.165, 1.54) is 26.1 Å². The number of nitrogens with one attached hydrogen (secondary N) is 5. The first kappa shape index (κ1) is 55.5. The summed E-state index contributed by atoms with van der Waals surface area (Å²) in [6.07, 6.45) is -1.14. The van der Waals surface area contributed by atoms with Crippen molar-refractivity contribution in [2.24, 2.45) is 17.6 Å². The first-order chi connectivity index (χ1) is 31.6. The fourth-order valence-electron chi connectivity index (χ4n) is 8.05. The number of carboxylic acids is 1. The number of aliphatic hydroxyl groups is 1. The highest BCUT2D eigenvalue weighted by Gasteiger charge is 2.47. The molecule has 0 radical (unpaired) electrons. The number of carboxylic acid groups (broad SMARTS) is 1. The van der Waals surface area contributed by atoms with Gasteiger partial charge in [-0.2, -0.15) is 0 Å². The predicted molar refractivity (Wildman–Crippen MR) is 243 cm³/mol. The van der Waals surface area contributed by atoms with Crippen LogP contribution in [0.15, 0.2) is 24.3 Å². The molecule has 1 aromatic carbocycles. The fraction of sp³-hybridized carbons (Fsp3) is 0.674. The second-order valence-corrected chi connectivity index (χ2v) is 17.9. The third-order valence-corrected chi connectivity index (χ3v) is 12.3. The van der Waals surface area contributed by atoms with E-state index in [2.05, 4.69) is 26.6 Å². The van der Waals surface area contributed by atoms with Crippen molar-refractivity contribution in [2.45, 2.75) is 173 Å². The summed E-state index contributed by atoms with van der Waals surface area (Å²) in [4.78, 5) is 127. The number of piperidine rings is 1. The Labute approximate surface area is 392 Å². The number of likely N-dealkylation sites (N-methyl/N-ethyl adjacent to an activating group) is 1. The number of nitrogens with zero attached hydrogens (tertiary/aromatic N) is 2. The van der Waals surface area contributed by atoms with E-state index in [1.807, 2.05) is 6.92 Å². The van der Waals surface area contributed by atoms with Gasteiger partial charge in [0.1, 0.15) is 60.4 Å². The molecule has 2 fully saturated rings. The number of aliphatic hydroxyl groups excluding tert-OH is 1. The Hall–Kier alpha value is -5.83. The summed E-state index contributed by atoms with van der Waals surface area (Å²) in [5, 5.41) is 43.9. The third kappa shape index (κ3) is 15.9. The Morgan fingerprint density at radius 3 is 2.16 bits per heavy atom. The van der Waals surface area contributed by atoms with Gasteiger partial charge in [-0.1, -0.05) is 66.0 Å². The molecular weight excluding hydrogens is 873 g/mol. The van der Waals surface area contributed by atoms with Crippen molar-refractivity contribution < 1.29 is 63.2 Å². The summed E-state index contributed by atoms with van der Waals surface area (Å²) in [5.74, 6) is -9.77. The number of carbonyl (C=O) groups excluding carboxylic acids is 8. The van der Waals surface area contributed by atoms with E-state index in [9.17, 15) is 58.5 Å². The zero-order chi connectivity index (χ0) is 50.1. The Kier molecular flexibility index (Phi) is 21.9. The number of unbranched alkanes of at least 4 members (excludes halogenated alkanes) is 3. The Morgan fingerprint density at radius 2 is 1.57 bits per heavy atom. The molecule has 10 N–H and O–H groups in total. The molecule has 2 aliphatic heterocycles. The highest BCUT2D eigenvalue weighted by Crippen LogP contribution is 2.28. The summed E-state index contributed by atoms with van der Waals surface area (Å²) in [7, 11) is 1.36. The molecule has 3 rings (SSSR count). The second kappa shape index (κ2) is 26.5. The van der Waals surface area contributed by atoms with Gasteiger partial charge in [0.05, 0.1) is 6.42 Å². The molecule has 10 atom stereocenters. The average Bonchev–Trinajstić information content (AvgIpc) is 3.27. The minimum atomic E-state index is -1.83. The van der Waals surface area contributed by atoms with Gasteiger partial charge in [-0.3, -0.25) is 38.4 Å². The summed E-state index contributed by atoms with van der Waals surface area (Å²) >= 11 is 0. The minimum absolute atomic E-state index is 0.00464. The number of hydrogen-bond donors (Lipinski definition) is 9. The van der Waals surface area contributed by atoms with Crippen LogP contribution in [-0.2, 0) is 54.3 Å². The van der Waals surface area contributed by atoms with Crippen LogP contribution in [0.1, 0.15) is 118 Å². The molecule has 2 heterocycles. The van der Waals surface area contributed by atoms with Crippen LogP contribution in [0.2, 0.25) is 0 Å². The maximum atomic E-state index is 14.8. The van der Waals surface area contributed by atoms with Gasteiger partial charge in [-0.05, 0) is 81.5 Å². The van der Waals surface area contributed by atoms with Crippen molar-refractivity contribution in [3.8, 4) is 5.75 Å². The third-order valence-electron chi connectivity index (χ3n) is 12.3. The van der Waals surface area contributed by atoms with E-state index in [0.29, 0.717) is 37.7 Å². The summed E-state index contributed by atoms with van der Waals surface area (Å²) in [5.41, 5.74) is 6.25. The molecule has 0 aromatic heterocycles. The average molecular weight is 945 g/mol. The molecule has 7 amide bonds. The van der Waals surface area contributed by atoms with E-state index < -0.39 is 126 Å². The number of rotatable bonds is 18. The molecule has 1 aromatic rings. The lowest BCUT2D eigenvalue weighted by Crippen LogP contribution is -2.66. The number of esters is 1. The lowest BCUT2D eigenvalue weighted by molar-refractivity contribution is -0.168. The van der Waals surface area contributed by atoms with Crippen LogP contribution in [0.3, 0.4) is 0 Å². The summed E-state index contributed by atoms with van der Waals surface area (Å²) in [6.45, 7) is 10.1. The van der Waals surface area contributed by atoms with Gasteiger partial charge in [0, 0.05) is 19.9 Å². The van der Waals surface area contributed by atoms with E-state index in [4.69, 9.17) is 10.5 Å². The van der Waals surface area contributed by atoms with Crippen molar-refractivity contribution in [2.75, 3.05) is 13.6 Å². The van der Waals surface area contributed by atoms with Gasteiger partial charge >= 0.3 is 11.9 Å². The number of benzene rings is 1. The summed E-state index contributed by atoms with van der Waals surface area (Å²) < 4.78 is 5.81. The number of fused-ring (bicyclic) bond motifs is 2. The van der Waals surface area contributed by atoms with Gasteiger partial charge in [0.2, 0.25) is 41.4 Å². The largest absolute Gasteiger partial charge is 0.508 e. The van der Waals surface area contributed by atoms with Crippen molar-refractivity contribution in [1.29, 1.82) is 0 Å². The zero-order valence-electron chi connectivity index (χ0n) is 39.7. The highest BCUT2D eigenvalue weighted by molar-refractivity contribution is 5.99. The number of cyclic esters (lactones) is 1. The van der Waals surface area contributed by atoms with Gasteiger partial charge in [0.15, 0.2) is 0 Å². The molecule has 0 spiro atoms. The SMILES string of the molecule is CCCCCC(=O)N[C@@H](CC(=O)O)C(=O)N[C@@H]1C(=O)N[C@@H](CCCCN)C(=O)N[C@H]2CC[C@@H](O)N(C2=O)[C@H]([C@H](C)CC)C(=O)N(C)[C@@H](Cc2ccc(O)cc2)C(=O)N[C@@H](C(C)C)C(=O)O[C@H]1C. The van der Waals surface area contributed by atoms with Crippen LogP contribution in [0.4, 0.5) is 0 Å². The van der Waals surface area contributed by atoms with Gasteiger partial charge in [-0.15, -0.1) is 0 Å². The van der Waals surface area contributed by atoms with E-state index in [1.54, 1.807) is 39.8 Å². The predicted octanol–water partition coefficient (Wildman–Crippen LogP) is 0.327. The van der Waals surface area contributed by atoms with Crippen molar-refractivity contribution >= 4 is 53.3 Å². The van der Waals surface area contributed by atoms with Crippen LogP contribution in [0.5, 0.6) is 5.75 Å². The van der Waals surface area contributed by atoms with E-state index >= 15 is 0 Å². The molecule has 21 heteroatoms. The number of hydrogen-bond acceptors (Lipinski definition) is 13. The molecular formula is C46H72N8O13. The lowest BCUT2D eigenvalue weighted by atomic mass is 9.91. The fourth-order valence-corrected chi connectivity index (χ4v) is 8.05. The molecule has 374 valence electrons. The number of ether oxygens (including phenoxy) is 1. The molecule has 0 aliphatic carbocycles. The zero-order valence-corrected chi connectivity index (χ0v) is 39.7. The second-order valence-electron chi connectivity index (χ2n) is 17.9. The Bertz CT molecular complexity index is 1900. The highest BCUT2D eigenvalue weighted by atomic mass is 16.5. The van der Waals surface area contributed by atoms with Crippen LogP contribution < -0.4 is 32.3 Å². The number of amides is 7. The number of aliphatic carboxylic acids is 1. The van der Waals surface area contributed by atoms with E-state index in [-0.39, 0.29) is 44.4 Å². The molecule has 2 bridgehead atoms. The first-order valence-corrected chi connectivity index (χ1v) is 23.3. The number of phenolic OH excluding ortho intramolecular Hbond substituents is 1. The molecule has 2 saturated heterocycles. The molecule has 0 saturated carbocycles. The first-order valence-electron chi connectivity index (χ1n) is 23.3. The maximum Gasteiger partial charge on any atom is 0.329 e. The quantitative estimate of drug-likeness (QED) is 0.0708. The number of carbonyl (C=O) groups is 9. The smallest absolute Gasteiger partial charge is 0.329 e. The topological polar surface area (TPSA) is 316 Å². The maximum absolute atomic E-state index is 14.8. The Balaban J connectivity index is 2.22. The molecule has 67 heavy (non-hydrogen) atoms. The molecule has 0 unspecified atom stereocenters. The standard InChI is InChI=1S/C46H72N8O13/c1-8-10-11-15-34(56)48-32(24-36(58)59)41(61)52-38-27(6)67-46(66)37(25(3)4)51-42(62)33(23-28-16-18-29(55)19-17-28)53(7)45(65)39(26(5)9-2)54-35(57)21-20-31(44(54)64)50-40(60)30(49-43(38)63)14-12-13-22-47/h16-19,25-27,30-33,35,37-39,55,57H,8-15,20-24,47H2,1-7H3,(H,48,56)(H,49,63)(H,50,60)(H,51,62)(H,52,61)(H,58,59)/t26-,27+,30+,31+,32+,33+,35-,37+,38+,39-/m1/s1. The summed E-state index contributed by atoms with van der Waals surface area (Å²) in [6, 6.07) is -4.42.